The molecule has 1 aliphatic rings. The average Bonchev–Trinajstić information content (AvgIpc) is 3.61. The van der Waals surface area contributed by atoms with Gasteiger partial charge in [-0.1, -0.05) is 23.1 Å². The molecule has 7 nitrogen and oxygen atoms in total. The molecule has 4 heterocycles. The number of fused-ring (bicyclic) bond motifs is 1. The molecule has 0 saturated heterocycles. The molecule has 0 amide bonds. The first-order valence-corrected chi connectivity index (χ1v) is 13.2. The van der Waals surface area contributed by atoms with Crippen LogP contribution in [-0.4, -0.2) is 24.7 Å². The third-order valence-electron chi connectivity index (χ3n) is 5.64. The second kappa shape index (κ2) is 10.6. The summed E-state index contributed by atoms with van der Waals surface area (Å²) in [4.78, 5) is 28.1. The summed E-state index contributed by atoms with van der Waals surface area (Å²) >= 11 is 4.34. The van der Waals surface area contributed by atoms with Crippen molar-refractivity contribution < 1.29 is 35.3 Å². The topological polar surface area (TPSA) is 68.6 Å². The lowest BCUT2D eigenvalue weighted by molar-refractivity contribution is -0.686. The summed E-state index contributed by atoms with van der Waals surface area (Å²) < 4.78 is 29.2. The monoisotopic (exact) mass is 565 g/mol. The van der Waals surface area contributed by atoms with Gasteiger partial charge in [0.15, 0.2) is 12.0 Å². The summed E-state index contributed by atoms with van der Waals surface area (Å²) in [5.41, 5.74) is 1.19. The number of nitrogens with zero attached hydrogens (tertiary/aromatic N) is 3. The molecule has 5 rings (SSSR count). The zero-order valence-electron chi connectivity index (χ0n) is 19.5. The fourth-order valence-corrected chi connectivity index (χ4v) is 7.21. The summed E-state index contributed by atoms with van der Waals surface area (Å²) in [6.07, 6.45) is 5.34. The Morgan fingerprint density at radius 1 is 1.31 bits per heavy atom. The van der Waals surface area contributed by atoms with Gasteiger partial charge in [0, 0.05) is 18.5 Å². The summed E-state index contributed by atoms with van der Waals surface area (Å²) in [5.74, 6) is -0.251. The Labute approximate surface area is 224 Å². The van der Waals surface area contributed by atoms with Gasteiger partial charge in [0.2, 0.25) is 6.54 Å². The normalized spacial score (nSPS) is 14.7. The summed E-state index contributed by atoms with van der Waals surface area (Å²) in [7, 11) is 3.22. The third-order valence-corrected chi connectivity index (χ3v) is 8.96. The van der Waals surface area contributed by atoms with Crippen LogP contribution < -0.4 is 36.6 Å². The van der Waals surface area contributed by atoms with Crippen LogP contribution in [0.4, 0.5) is 10.1 Å². The molecule has 0 atom stereocenters. The molecule has 0 aliphatic carbocycles. The maximum Gasteiger partial charge on any atom is 0.341 e. The van der Waals surface area contributed by atoms with E-state index in [4.69, 9.17) is 9.15 Å². The summed E-state index contributed by atoms with van der Waals surface area (Å²) in [6, 6.07) is 6.25. The minimum atomic E-state index is -0.450. The van der Waals surface area contributed by atoms with Gasteiger partial charge in [-0.2, -0.15) is 4.57 Å². The molecule has 1 aliphatic heterocycles. The van der Waals surface area contributed by atoms with E-state index < -0.39 is 5.97 Å². The zero-order chi connectivity index (χ0) is 24.7. The number of benzene rings is 1. The van der Waals surface area contributed by atoms with Crippen LogP contribution in [-0.2, 0) is 17.8 Å². The molecular formula is C24H21ClFN3O4S3. The van der Waals surface area contributed by atoms with Crippen LogP contribution in [0.2, 0.25) is 0 Å². The van der Waals surface area contributed by atoms with Gasteiger partial charge in [-0.05, 0) is 31.2 Å². The maximum atomic E-state index is 13.8. The molecule has 0 unspecified atom stereocenters. The largest absolute Gasteiger partial charge is 1.00 e. The number of methoxy groups -OCH3 is 1. The highest BCUT2D eigenvalue weighted by atomic mass is 35.5. The number of esters is 1. The summed E-state index contributed by atoms with van der Waals surface area (Å²) in [5, 5.41) is 3.63. The fourth-order valence-electron chi connectivity index (χ4n) is 3.87. The predicted molar refractivity (Wildman–Crippen MR) is 135 cm³/mol. The van der Waals surface area contributed by atoms with E-state index in [0.717, 1.165) is 25.3 Å². The Kier molecular flexibility index (Phi) is 7.74. The Morgan fingerprint density at radius 3 is 2.86 bits per heavy atom. The van der Waals surface area contributed by atoms with Crippen molar-refractivity contribution in [2.75, 3.05) is 19.1 Å². The first-order valence-electron chi connectivity index (χ1n) is 10.7. The van der Waals surface area contributed by atoms with Gasteiger partial charge in [-0.3, -0.25) is 9.36 Å². The number of rotatable bonds is 5. The molecule has 0 N–H and O–H groups in total. The minimum absolute atomic E-state index is 0. The number of thioether (sulfide) groups is 1. The molecule has 36 heavy (non-hydrogen) atoms. The molecule has 1 aromatic carbocycles. The van der Waals surface area contributed by atoms with Crippen molar-refractivity contribution in [3.05, 3.63) is 83.8 Å². The molecule has 3 aromatic heterocycles. The number of anilines is 1. The van der Waals surface area contributed by atoms with E-state index in [1.165, 1.54) is 59.9 Å². The van der Waals surface area contributed by atoms with Crippen LogP contribution in [0.5, 0.6) is 0 Å². The number of thiazole rings is 2. The first kappa shape index (κ1) is 26.2. The molecule has 0 bridgehead atoms. The van der Waals surface area contributed by atoms with Gasteiger partial charge in [0.25, 0.3) is 10.6 Å². The van der Waals surface area contributed by atoms with Gasteiger partial charge in [0.05, 0.1) is 30.5 Å². The highest BCUT2D eigenvalue weighted by molar-refractivity contribution is 8.08. The summed E-state index contributed by atoms with van der Waals surface area (Å²) in [6.45, 7) is 2.79. The fraction of sp³-hybridized carbons (Fsp3) is 0.208. The van der Waals surface area contributed by atoms with Crippen molar-refractivity contribution in [1.29, 1.82) is 0 Å². The average molecular weight is 566 g/mol. The maximum absolute atomic E-state index is 13.8. The number of carbonyl (C=O) groups is 1. The van der Waals surface area contributed by atoms with E-state index in [9.17, 15) is 14.0 Å². The lowest BCUT2D eigenvalue weighted by atomic mass is 10.2. The Balaban J connectivity index is 0.00000304. The standard InChI is InChI=1S/C24H21FN3O4S3.ClH/c1-4-28-20(12-19-27(8-10-33-19)13-17-15(7-9-32-17)24(30)31-3)35-21(22(28)29)23-26(2)16-6-5-14(25)11-18(16)34-23;/h5-12H,4,13H2,1-3H3;1H/q+1;/p-1/b23-21+;. The van der Waals surface area contributed by atoms with Crippen LogP contribution >= 0.6 is 34.4 Å². The molecule has 0 spiro atoms. The van der Waals surface area contributed by atoms with Crippen molar-refractivity contribution >= 4 is 57.2 Å². The molecule has 0 fully saturated rings. The second-order valence-corrected chi connectivity index (χ2v) is 10.6. The molecule has 12 heteroatoms. The first-order chi connectivity index (χ1) is 16.9. The molecule has 4 aromatic rings. The van der Waals surface area contributed by atoms with Gasteiger partial charge in [-0.25, -0.2) is 9.18 Å². The van der Waals surface area contributed by atoms with Crippen LogP contribution in [0.15, 0.2) is 56.2 Å². The number of ether oxygens (including phenoxy) is 1. The zero-order valence-corrected chi connectivity index (χ0v) is 22.7. The van der Waals surface area contributed by atoms with Crippen molar-refractivity contribution in [1.82, 2.24) is 4.57 Å². The smallest absolute Gasteiger partial charge is 0.341 e. The van der Waals surface area contributed by atoms with Gasteiger partial charge >= 0.3 is 5.97 Å². The second-order valence-electron chi connectivity index (χ2n) is 7.66. The minimum Gasteiger partial charge on any atom is -1.00 e. The van der Waals surface area contributed by atoms with E-state index in [1.54, 1.807) is 16.7 Å². The van der Waals surface area contributed by atoms with Crippen LogP contribution in [0.3, 0.4) is 0 Å². The number of hydrogen-bond donors (Lipinski definition) is 0. The third kappa shape index (κ3) is 4.63. The van der Waals surface area contributed by atoms with E-state index in [-0.39, 0.29) is 23.8 Å². The number of furan rings is 1. The van der Waals surface area contributed by atoms with E-state index in [2.05, 4.69) is 0 Å². The highest BCUT2D eigenvalue weighted by Gasteiger charge is 2.26. The van der Waals surface area contributed by atoms with Crippen molar-refractivity contribution in [2.45, 2.75) is 24.9 Å². The quantitative estimate of drug-likeness (QED) is 0.250. The van der Waals surface area contributed by atoms with Gasteiger partial charge in [-0.15, -0.1) is 11.3 Å². The van der Waals surface area contributed by atoms with Crippen molar-refractivity contribution in [2.24, 2.45) is 0 Å². The lowest BCUT2D eigenvalue weighted by Crippen LogP contribution is -3.00. The Bertz CT molecular complexity index is 1620. The van der Waals surface area contributed by atoms with E-state index in [0.29, 0.717) is 28.9 Å². The number of carbonyl (C=O) groups excluding carboxylic acids is 1. The molecule has 0 saturated carbocycles. The van der Waals surface area contributed by atoms with Crippen molar-refractivity contribution in [3.63, 3.8) is 0 Å². The van der Waals surface area contributed by atoms with Crippen LogP contribution in [0.1, 0.15) is 28.0 Å². The number of aromatic nitrogens is 2. The van der Waals surface area contributed by atoms with Gasteiger partial charge in [0.1, 0.15) is 25.6 Å². The lowest BCUT2D eigenvalue weighted by Gasteiger charge is -2.12. The number of halogens is 2. The van der Waals surface area contributed by atoms with Crippen LogP contribution in [0, 0.1) is 5.82 Å². The van der Waals surface area contributed by atoms with Crippen molar-refractivity contribution in [3.8, 4) is 0 Å². The molecule has 188 valence electrons. The number of hydrogen-bond acceptors (Lipinski definition) is 8. The predicted octanol–water partition coefficient (Wildman–Crippen LogP) is -0.0137. The molecule has 0 radical (unpaired) electrons. The van der Waals surface area contributed by atoms with E-state index >= 15 is 0 Å². The Morgan fingerprint density at radius 2 is 2.11 bits per heavy atom. The SMILES string of the molecule is CCn1c(=O)/c(=C2\Sc3cc(F)ccc3N2C)s/c1=C\c1scc[n+]1Cc1occc1C(=O)OC.[Cl-]. The molecular weight excluding hydrogens is 545 g/mol. The van der Waals surface area contributed by atoms with Crippen LogP contribution in [0.25, 0.3) is 11.1 Å². The van der Waals surface area contributed by atoms with E-state index in [1.807, 2.05) is 41.1 Å². The van der Waals surface area contributed by atoms with Gasteiger partial charge < -0.3 is 26.5 Å². The highest BCUT2D eigenvalue weighted by Crippen LogP contribution is 2.45. The Hall–Kier alpha value is -2.86.